The average molecular weight is 415 g/mol. The van der Waals surface area contributed by atoms with Crippen molar-refractivity contribution in [2.45, 2.75) is 92.3 Å². The Bertz CT molecular complexity index is 821. The van der Waals surface area contributed by atoms with Gasteiger partial charge < -0.3 is 19.7 Å². The molecule has 2 aromatic rings. The summed E-state index contributed by atoms with van der Waals surface area (Å²) in [6.45, 7) is 20.4. The van der Waals surface area contributed by atoms with E-state index < -0.39 is 0 Å². The fourth-order valence-electron chi connectivity index (χ4n) is 3.59. The lowest BCUT2D eigenvalue weighted by atomic mass is 9.76. The van der Waals surface area contributed by atoms with Gasteiger partial charge in [-0.2, -0.15) is 0 Å². The molecular formula is C26H38O4. The first-order chi connectivity index (χ1) is 13.6. The highest BCUT2D eigenvalue weighted by Gasteiger charge is 2.30. The molecule has 2 rings (SSSR count). The Morgan fingerprint density at radius 3 is 1.13 bits per heavy atom. The van der Waals surface area contributed by atoms with Crippen LogP contribution < -0.4 is 9.47 Å². The molecule has 2 N–H and O–H groups in total. The standard InChI is InChI=1S/C26H38O4/c1-15(2)29-17-11-19(25(5,6)7)23(21(27)13-17)24-20(26(8,9)10)12-18(14-22(24)28)30-16(3)4/h11-16,27-28H,1-10H3. The first-order valence-electron chi connectivity index (χ1n) is 10.7. The highest BCUT2D eigenvalue weighted by molar-refractivity contribution is 5.84. The Kier molecular flexibility index (Phi) is 6.70. The van der Waals surface area contributed by atoms with Gasteiger partial charge in [0.05, 0.1) is 12.2 Å². The van der Waals surface area contributed by atoms with Crippen LogP contribution in [0.5, 0.6) is 23.0 Å². The average Bonchev–Trinajstić information content (AvgIpc) is 2.51. The molecule has 2 aromatic carbocycles. The second kappa shape index (κ2) is 8.41. The van der Waals surface area contributed by atoms with Gasteiger partial charge in [0, 0.05) is 23.3 Å². The summed E-state index contributed by atoms with van der Waals surface area (Å²) < 4.78 is 11.7. The van der Waals surface area contributed by atoms with E-state index in [4.69, 9.17) is 9.47 Å². The van der Waals surface area contributed by atoms with Crippen molar-refractivity contribution in [3.63, 3.8) is 0 Å². The van der Waals surface area contributed by atoms with E-state index in [0.29, 0.717) is 22.6 Å². The highest BCUT2D eigenvalue weighted by Crippen LogP contribution is 2.49. The highest BCUT2D eigenvalue weighted by atomic mass is 16.5. The van der Waals surface area contributed by atoms with E-state index >= 15 is 0 Å². The van der Waals surface area contributed by atoms with Gasteiger partial charge >= 0.3 is 0 Å². The molecule has 30 heavy (non-hydrogen) atoms. The van der Waals surface area contributed by atoms with Crippen molar-refractivity contribution in [3.05, 3.63) is 35.4 Å². The summed E-state index contributed by atoms with van der Waals surface area (Å²) in [4.78, 5) is 0. The predicted octanol–water partition coefficient (Wildman–Crippen LogP) is 6.93. The number of hydrogen-bond acceptors (Lipinski definition) is 4. The lowest BCUT2D eigenvalue weighted by Gasteiger charge is -2.30. The predicted molar refractivity (Wildman–Crippen MR) is 124 cm³/mol. The smallest absolute Gasteiger partial charge is 0.127 e. The van der Waals surface area contributed by atoms with Crippen LogP contribution in [-0.4, -0.2) is 22.4 Å². The molecule has 0 aliphatic rings. The van der Waals surface area contributed by atoms with Crippen molar-refractivity contribution in [2.75, 3.05) is 0 Å². The van der Waals surface area contributed by atoms with Crippen molar-refractivity contribution in [1.29, 1.82) is 0 Å². The minimum Gasteiger partial charge on any atom is -0.507 e. The second-order valence-electron chi connectivity index (χ2n) is 10.6. The van der Waals surface area contributed by atoms with Gasteiger partial charge in [0.2, 0.25) is 0 Å². The van der Waals surface area contributed by atoms with Gasteiger partial charge in [0.1, 0.15) is 23.0 Å². The monoisotopic (exact) mass is 414 g/mol. The molecule has 0 radical (unpaired) electrons. The zero-order valence-corrected chi connectivity index (χ0v) is 20.2. The Morgan fingerprint density at radius 1 is 0.600 bits per heavy atom. The van der Waals surface area contributed by atoms with Crippen LogP contribution in [0.15, 0.2) is 24.3 Å². The summed E-state index contributed by atoms with van der Waals surface area (Å²) in [5.41, 5.74) is 2.54. The zero-order chi connectivity index (χ0) is 23.0. The number of phenols is 2. The molecule has 0 atom stereocenters. The zero-order valence-electron chi connectivity index (χ0n) is 20.2. The Labute approximate surface area is 181 Å². The van der Waals surface area contributed by atoms with E-state index in [1.54, 1.807) is 12.1 Å². The van der Waals surface area contributed by atoms with Crippen LogP contribution in [-0.2, 0) is 10.8 Å². The summed E-state index contributed by atoms with van der Waals surface area (Å²) in [6.07, 6.45) is -0.0110. The van der Waals surface area contributed by atoms with Crippen molar-refractivity contribution >= 4 is 0 Å². The number of phenolic OH excluding ortho intramolecular Hbond substituents is 2. The summed E-state index contributed by atoms with van der Waals surface area (Å²) >= 11 is 0. The van der Waals surface area contributed by atoms with Crippen LogP contribution in [0.4, 0.5) is 0 Å². The molecule has 0 aromatic heterocycles. The summed E-state index contributed by atoms with van der Waals surface area (Å²) in [7, 11) is 0. The third kappa shape index (κ3) is 5.41. The summed E-state index contributed by atoms with van der Waals surface area (Å²) in [6, 6.07) is 7.21. The van der Waals surface area contributed by atoms with E-state index in [9.17, 15) is 10.2 Å². The second-order valence-corrected chi connectivity index (χ2v) is 10.6. The Hall–Kier alpha value is -2.36. The van der Waals surface area contributed by atoms with Gasteiger partial charge in [-0.1, -0.05) is 41.5 Å². The fraction of sp³-hybridized carbons (Fsp3) is 0.538. The molecule has 0 amide bonds. The van der Waals surface area contributed by atoms with Gasteiger partial charge in [-0.3, -0.25) is 0 Å². The first kappa shape index (κ1) is 23.9. The van der Waals surface area contributed by atoms with E-state index in [-0.39, 0.29) is 34.5 Å². The molecular weight excluding hydrogens is 376 g/mol. The number of benzene rings is 2. The van der Waals surface area contributed by atoms with Crippen LogP contribution in [0.1, 0.15) is 80.4 Å². The topological polar surface area (TPSA) is 58.9 Å². The van der Waals surface area contributed by atoms with E-state index in [0.717, 1.165) is 11.1 Å². The molecule has 166 valence electrons. The number of hydrogen-bond donors (Lipinski definition) is 2. The van der Waals surface area contributed by atoms with Gasteiger partial charge in [0.25, 0.3) is 0 Å². The molecule has 4 heteroatoms. The lowest BCUT2D eigenvalue weighted by molar-refractivity contribution is 0.240. The third-order valence-electron chi connectivity index (χ3n) is 4.79. The summed E-state index contributed by atoms with van der Waals surface area (Å²) in [5, 5.41) is 22.2. The minimum atomic E-state index is -0.280. The quantitative estimate of drug-likeness (QED) is 0.557. The largest absolute Gasteiger partial charge is 0.507 e. The van der Waals surface area contributed by atoms with Crippen molar-refractivity contribution in [2.24, 2.45) is 0 Å². The molecule has 0 saturated heterocycles. The van der Waals surface area contributed by atoms with E-state index in [1.165, 1.54) is 0 Å². The molecule has 0 fully saturated rings. The van der Waals surface area contributed by atoms with Crippen LogP contribution in [0.2, 0.25) is 0 Å². The maximum Gasteiger partial charge on any atom is 0.127 e. The van der Waals surface area contributed by atoms with Crippen molar-refractivity contribution < 1.29 is 19.7 Å². The molecule has 0 unspecified atom stereocenters. The molecule has 0 bridgehead atoms. The van der Waals surface area contributed by atoms with Gasteiger partial charge in [-0.15, -0.1) is 0 Å². The molecule has 0 aliphatic heterocycles. The first-order valence-corrected chi connectivity index (χ1v) is 10.7. The molecule has 0 saturated carbocycles. The number of rotatable bonds is 5. The van der Waals surface area contributed by atoms with Crippen LogP contribution in [0.25, 0.3) is 11.1 Å². The fourth-order valence-corrected chi connectivity index (χ4v) is 3.59. The normalized spacial score (nSPS) is 12.5. The number of ether oxygens (including phenoxy) is 2. The van der Waals surface area contributed by atoms with Crippen molar-refractivity contribution in [3.8, 4) is 34.1 Å². The van der Waals surface area contributed by atoms with Gasteiger partial charge in [-0.05, 0) is 61.8 Å². The van der Waals surface area contributed by atoms with Crippen LogP contribution >= 0.6 is 0 Å². The maximum absolute atomic E-state index is 11.1. The SMILES string of the molecule is CC(C)Oc1cc(O)c(-c2c(O)cc(OC(C)C)cc2C(C)(C)C)c(C(C)(C)C)c1. The molecule has 0 aliphatic carbocycles. The van der Waals surface area contributed by atoms with Gasteiger partial charge in [-0.25, -0.2) is 0 Å². The van der Waals surface area contributed by atoms with Crippen molar-refractivity contribution in [1.82, 2.24) is 0 Å². The van der Waals surface area contributed by atoms with Gasteiger partial charge in [0.15, 0.2) is 0 Å². The number of aromatic hydroxyl groups is 2. The summed E-state index contributed by atoms with van der Waals surface area (Å²) in [5.74, 6) is 1.42. The maximum atomic E-state index is 11.1. The Morgan fingerprint density at radius 2 is 0.900 bits per heavy atom. The van der Waals surface area contributed by atoms with E-state index in [2.05, 4.69) is 41.5 Å². The molecule has 0 spiro atoms. The van der Waals surface area contributed by atoms with E-state index in [1.807, 2.05) is 39.8 Å². The third-order valence-corrected chi connectivity index (χ3v) is 4.79. The Balaban J connectivity index is 2.89. The van der Waals surface area contributed by atoms with Crippen LogP contribution in [0.3, 0.4) is 0 Å². The minimum absolute atomic E-state index is 0.00549. The molecule has 4 nitrogen and oxygen atoms in total. The lowest BCUT2D eigenvalue weighted by Crippen LogP contribution is -2.18. The molecule has 0 heterocycles. The van der Waals surface area contributed by atoms with Crippen LogP contribution in [0, 0.1) is 0 Å².